The molecular formula is C12H23N5OS. The Bertz CT molecular complexity index is 393. The van der Waals surface area contributed by atoms with Gasteiger partial charge in [0, 0.05) is 31.7 Å². The molecule has 0 spiro atoms. The molecule has 1 aromatic rings. The number of hydrogen-bond donors (Lipinski definition) is 2. The molecule has 0 unspecified atom stereocenters. The van der Waals surface area contributed by atoms with Crippen molar-refractivity contribution in [3.63, 3.8) is 0 Å². The molecule has 1 rings (SSSR count). The van der Waals surface area contributed by atoms with Gasteiger partial charge in [0.15, 0.2) is 0 Å². The molecule has 0 aliphatic carbocycles. The summed E-state index contributed by atoms with van der Waals surface area (Å²) in [5.41, 5.74) is 5.56. The van der Waals surface area contributed by atoms with Crippen LogP contribution in [-0.4, -0.2) is 42.6 Å². The smallest absolute Gasteiger partial charge is 0.208 e. The lowest BCUT2D eigenvalue weighted by atomic mass is 10.4. The molecule has 0 aliphatic heterocycles. The molecule has 0 bridgehead atoms. The van der Waals surface area contributed by atoms with E-state index in [1.54, 1.807) is 11.3 Å². The van der Waals surface area contributed by atoms with E-state index < -0.39 is 0 Å². The Hall–Kier alpha value is -1.18. The number of aliphatic imine (C=N–C) groups is 1. The summed E-state index contributed by atoms with van der Waals surface area (Å²) in [6.45, 7) is 6.93. The summed E-state index contributed by atoms with van der Waals surface area (Å²) in [6.07, 6.45) is 0.895. The third-order valence-electron chi connectivity index (χ3n) is 2.63. The molecule has 0 atom stereocenters. The number of nitrogens with two attached hydrogens (primary N) is 1. The molecule has 0 aliphatic rings. The molecule has 0 fully saturated rings. The molecule has 0 amide bonds. The number of nitrogens with zero attached hydrogens (tertiary/aromatic N) is 3. The van der Waals surface area contributed by atoms with Crippen molar-refractivity contribution in [2.24, 2.45) is 10.8 Å². The van der Waals surface area contributed by atoms with Crippen molar-refractivity contribution < 1.29 is 4.74 Å². The first-order chi connectivity index (χ1) is 9.19. The minimum absolute atomic E-state index is 0.685. The van der Waals surface area contributed by atoms with E-state index in [-0.39, 0.29) is 0 Å². The second kappa shape index (κ2) is 8.84. The minimum Gasteiger partial charge on any atom is -0.382 e. The topological polar surface area (TPSA) is 75.8 Å². The van der Waals surface area contributed by atoms with Gasteiger partial charge >= 0.3 is 0 Å². The highest BCUT2D eigenvalue weighted by atomic mass is 32.1. The predicted molar refractivity (Wildman–Crippen MR) is 79.1 cm³/mol. The SMILES string of the molecule is CCOCCCN=C(NN)N(C)Cc1scnc1C. The van der Waals surface area contributed by atoms with Gasteiger partial charge in [-0.25, -0.2) is 10.8 Å². The Kier molecular flexibility index (Phi) is 7.39. The highest BCUT2D eigenvalue weighted by Crippen LogP contribution is 2.13. The summed E-state index contributed by atoms with van der Waals surface area (Å²) in [4.78, 5) is 11.9. The second-order valence-electron chi connectivity index (χ2n) is 4.12. The summed E-state index contributed by atoms with van der Waals surface area (Å²) >= 11 is 1.64. The van der Waals surface area contributed by atoms with Crippen LogP contribution in [0.3, 0.4) is 0 Å². The fraction of sp³-hybridized carbons (Fsp3) is 0.667. The van der Waals surface area contributed by atoms with Crippen molar-refractivity contribution in [1.29, 1.82) is 0 Å². The fourth-order valence-electron chi connectivity index (χ4n) is 1.54. The number of ether oxygens (including phenoxy) is 1. The Morgan fingerprint density at radius 3 is 3.00 bits per heavy atom. The van der Waals surface area contributed by atoms with Gasteiger partial charge in [-0.05, 0) is 20.3 Å². The highest BCUT2D eigenvalue weighted by molar-refractivity contribution is 7.09. The van der Waals surface area contributed by atoms with Crippen LogP contribution in [-0.2, 0) is 11.3 Å². The van der Waals surface area contributed by atoms with Gasteiger partial charge < -0.3 is 9.64 Å². The summed E-state index contributed by atoms with van der Waals surface area (Å²) in [6, 6.07) is 0. The minimum atomic E-state index is 0.685. The van der Waals surface area contributed by atoms with E-state index in [4.69, 9.17) is 10.6 Å². The van der Waals surface area contributed by atoms with Gasteiger partial charge in [0.25, 0.3) is 0 Å². The van der Waals surface area contributed by atoms with E-state index in [0.29, 0.717) is 12.5 Å². The zero-order chi connectivity index (χ0) is 14.1. The van der Waals surface area contributed by atoms with E-state index in [1.165, 1.54) is 4.88 Å². The zero-order valence-corrected chi connectivity index (χ0v) is 12.7. The van der Waals surface area contributed by atoms with Gasteiger partial charge in [0.1, 0.15) is 0 Å². The molecule has 3 N–H and O–H groups in total. The molecular weight excluding hydrogens is 262 g/mol. The highest BCUT2D eigenvalue weighted by Gasteiger charge is 2.09. The van der Waals surface area contributed by atoms with Crippen molar-refractivity contribution in [1.82, 2.24) is 15.3 Å². The van der Waals surface area contributed by atoms with Crippen LogP contribution in [0.4, 0.5) is 0 Å². The molecule has 7 heteroatoms. The summed E-state index contributed by atoms with van der Waals surface area (Å²) in [7, 11) is 1.96. The van der Waals surface area contributed by atoms with Crippen LogP contribution in [0, 0.1) is 6.92 Å². The number of hydrazine groups is 1. The van der Waals surface area contributed by atoms with E-state index in [2.05, 4.69) is 15.4 Å². The zero-order valence-electron chi connectivity index (χ0n) is 11.8. The van der Waals surface area contributed by atoms with E-state index in [0.717, 1.165) is 31.9 Å². The molecule has 0 saturated heterocycles. The summed E-state index contributed by atoms with van der Waals surface area (Å²) in [5.74, 6) is 6.20. The normalized spacial score (nSPS) is 11.7. The van der Waals surface area contributed by atoms with Crippen LogP contribution >= 0.6 is 11.3 Å². The largest absolute Gasteiger partial charge is 0.382 e. The molecule has 0 aromatic carbocycles. The molecule has 0 saturated carbocycles. The van der Waals surface area contributed by atoms with E-state index in [9.17, 15) is 0 Å². The van der Waals surface area contributed by atoms with Crippen LogP contribution < -0.4 is 11.3 Å². The third kappa shape index (κ3) is 5.54. The maximum absolute atomic E-state index is 5.52. The van der Waals surface area contributed by atoms with Crippen LogP contribution in [0.15, 0.2) is 10.5 Å². The number of aryl methyl sites for hydroxylation is 1. The Balaban J connectivity index is 2.44. The van der Waals surface area contributed by atoms with Crippen molar-refractivity contribution in [2.75, 3.05) is 26.8 Å². The Morgan fingerprint density at radius 1 is 1.63 bits per heavy atom. The number of rotatable bonds is 7. The van der Waals surface area contributed by atoms with Crippen LogP contribution in [0.25, 0.3) is 0 Å². The number of guanidine groups is 1. The van der Waals surface area contributed by atoms with Crippen molar-refractivity contribution in [3.05, 3.63) is 16.1 Å². The average molecular weight is 285 g/mol. The fourth-order valence-corrected chi connectivity index (χ4v) is 2.37. The first-order valence-corrected chi connectivity index (χ1v) is 7.25. The molecule has 6 nitrogen and oxygen atoms in total. The van der Waals surface area contributed by atoms with Crippen LogP contribution in [0.2, 0.25) is 0 Å². The number of aromatic nitrogens is 1. The first-order valence-electron chi connectivity index (χ1n) is 6.38. The standard InChI is InChI=1S/C12H23N5OS/c1-4-18-7-5-6-14-12(16-13)17(3)8-11-10(2)15-9-19-11/h9H,4-8,13H2,1-3H3,(H,14,16). The van der Waals surface area contributed by atoms with Crippen molar-refractivity contribution in [2.45, 2.75) is 26.8 Å². The van der Waals surface area contributed by atoms with Gasteiger partial charge in [-0.15, -0.1) is 11.3 Å². The van der Waals surface area contributed by atoms with Crippen LogP contribution in [0.1, 0.15) is 23.9 Å². The third-order valence-corrected chi connectivity index (χ3v) is 3.55. The molecule has 108 valence electrons. The quantitative estimate of drug-likeness (QED) is 0.258. The average Bonchev–Trinajstić information content (AvgIpc) is 2.79. The second-order valence-corrected chi connectivity index (χ2v) is 5.06. The monoisotopic (exact) mass is 285 g/mol. The molecule has 19 heavy (non-hydrogen) atoms. The van der Waals surface area contributed by atoms with Crippen molar-refractivity contribution >= 4 is 17.3 Å². The molecule has 1 aromatic heterocycles. The summed E-state index contributed by atoms with van der Waals surface area (Å²) < 4.78 is 5.27. The van der Waals surface area contributed by atoms with Gasteiger partial charge in [0.05, 0.1) is 17.7 Å². The molecule has 0 radical (unpaired) electrons. The first kappa shape index (κ1) is 15.9. The predicted octanol–water partition coefficient (Wildman–Crippen LogP) is 1.13. The van der Waals surface area contributed by atoms with Gasteiger partial charge in [-0.3, -0.25) is 10.4 Å². The maximum Gasteiger partial charge on any atom is 0.208 e. The lowest BCUT2D eigenvalue weighted by Crippen LogP contribution is -2.42. The van der Waals surface area contributed by atoms with Gasteiger partial charge in [-0.1, -0.05) is 0 Å². The van der Waals surface area contributed by atoms with Crippen molar-refractivity contribution in [3.8, 4) is 0 Å². The maximum atomic E-state index is 5.52. The van der Waals surface area contributed by atoms with Crippen LogP contribution in [0.5, 0.6) is 0 Å². The number of hydrogen-bond acceptors (Lipinski definition) is 5. The van der Waals surface area contributed by atoms with Gasteiger partial charge in [-0.2, -0.15) is 0 Å². The molecule has 1 heterocycles. The Morgan fingerprint density at radius 2 is 2.42 bits per heavy atom. The lowest BCUT2D eigenvalue weighted by Gasteiger charge is -2.20. The number of thiazole rings is 1. The van der Waals surface area contributed by atoms with E-state index in [1.807, 2.05) is 31.3 Å². The summed E-state index contributed by atoms with van der Waals surface area (Å²) in [5, 5.41) is 0. The van der Waals surface area contributed by atoms with E-state index >= 15 is 0 Å². The Labute approximate surface area is 118 Å². The lowest BCUT2D eigenvalue weighted by molar-refractivity contribution is 0.146. The van der Waals surface area contributed by atoms with Gasteiger partial charge in [0.2, 0.25) is 5.96 Å². The number of nitrogens with one attached hydrogen (secondary N) is 1.